The van der Waals surface area contributed by atoms with Crippen molar-refractivity contribution in [2.24, 2.45) is 5.92 Å². The van der Waals surface area contributed by atoms with Crippen LogP contribution < -0.4 is 10.6 Å². The van der Waals surface area contributed by atoms with Gasteiger partial charge in [0.25, 0.3) is 0 Å². The summed E-state index contributed by atoms with van der Waals surface area (Å²) < 4.78 is 4.65. The van der Waals surface area contributed by atoms with E-state index in [1.807, 2.05) is 0 Å². The van der Waals surface area contributed by atoms with E-state index < -0.39 is 6.04 Å². The van der Waals surface area contributed by atoms with Gasteiger partial charge in [0.15, 0.2) is 0 Å². The summed E-state index contributed by atoms with van der Waals surface area (Å²) in [7, 11) is 3.13. The van der Waals surface area contributed by atoms with E-state index in [4.69, 9.17) is 0 Å². The molecule has 1 rings (SSSR count). The smallest absolute Gasteiger partial charge is 0.328 e. The van der Waals surface area contributed by atoms with Crippen molar-refractivity contribution in [3.8, 4) is 0 Å². The summed E-state index contributed by atoms with van der Waals surface area (Å²) >= 11 is 0. The van der Waals surface area contributed by atoms with Crippen LogP contribution in [0.3, 0.4) is 0 Å². The molecule has 6 heteroatoms. The Balaban J connectivity index is 0.00000225. The van der Waals surface area contributed by atoms with E-state index in [1.54, 1.807) is 7.05 Å². The number of nitrogens with one attached hydrogen (secondary N) is 2. The van der Waals surface area contributed by atoms with E-state index in [-0.39, 0.29) is 30.2 Å². The van der Waals surface area contributed by atoms with Gasteiger partial charge in [-0.3, -0.25) is 4.79 Å². The van der Waals surface area contributed by atoms with Gasteiger partial charge in [0, 0.05) is 13.0 Å². The number of carbonyl (C=O) groups excluding carboxylic acids is 2. The Morgan fingerprint density at radius 3 is 2.50 bits per heavy atom. The number of ether oxygens (including phenoxy) is 1. The zero-order valence-electron chi connectivity index (χ0n) is 9.62. The monoisotopic (exact) mass is 250 g/mol. The molecule has 0 aromatic heterocycles. The van der Waals surface area contributed by atoms with Gasteiger partial charge in [-0.15, -0.1) is 12.4 Å². The maximum atomic E-state index is 11.4. The highest BCUT2D eigenvalue weighted by atomic mass is 35.5. The zero-order valence-corrected chi connectivity index (χ0v) is 10.4. The van der Waals surface area contributed by atoms with Crippen molar-refractivity contribution in [2.45, 2.75) is 25.3 Å². The first kappa shape index (κ1) is 15.2. The van der Waals surface area contributed by atoms with Crippen molar-refractivity contribution in [1.82, 2.24) is 10.6 Å². The molecule has 0 bridgehead atoms. The normalized spacial score (nSPS) is 15.9. The Labute approximate surface area is 102 Å². The number of hydrogen-bond donors (Lipinski definition) is 2. The summed E-state index contributed by atoms with van der Waals surface area (Å²) in [5.41, 5.74) is 0. The Morgan fingerprint density at radius 1 is 1.44 bits per heavy atom. The summed E-state index contributed by atoms with van der Waals surface area (Å²) in [5, 5.41) is 5.59. The molecular weight excluding hydrogens is 232 g/mol. The second-order valence-electron chi connectivity index (χ2n) is 3.76. The van der Waals surface area contributed by atoms with E-state index in [9.17, 15) is 9.59 Å². The van der Waals surface area contributed by atoms with Gasteiger partial charge in [-0.05, 0) is 25.8 Å². The highest BCUT2D eigenvalue weighted by Gasteiger charge is 2.37. The minimum Gasteiger partial charge on any atom is -0.467 e. The van der Waals surface area contributed by atoms with E-state index in [0.29, 0.717) is 13.0 Å². The van der Waals surface area contributed by atoms with Gasteiger partial charge in [0.05, 0.1) is 7.11 Å². The summed E-state index contributed by atoms with van der Waals surface area (Å²) in [4.78, 5) is 22.8. The number of carbonyl (C=O) groups is 2. The Hall–Kier alpha value is -0.810. The molecule has 5 nitrogen and oxygen atoms in total. The molecule has 1 atom stereocenters. The molecule has 0 heterocycles. The maximum absolute atomic E-state index is 11.4. The molecule has 1 fully saturated rings. The third-order valence-corrected chi connectivity index (χ3v) is 2.47. The first-order valence-corrected chi connectivity index (χ1v) is 5.20. The van der Waals surface area contributed by atoms with Crippen molar-refractivity contribution < 1.29 is 14.3 Å². The van der Waals surface area contributed by atoms with Gasteiger partial charge < -0.3 is 15.4 Å². The lowest BCUT2D eigenvalue weighted by Crippen LogP contribution is -2.43. The number of esters is 1. The van der Waals surface area contributed by atoms with Crippen LogP contribution in [0.4, 0.5) is 0 Å². The minimum absolute atomic E-state index is 0. The molecular formula is C10H19ClN2O3. The van der Waals surface area contributed by atoms with Gasteiger partial charge in [0.2, 0.25) is 5.91 Å². The van der Waals surface area contributed by atoms with Gasteiger partial charge in [-0.2, -0.15) is 0 Å². The number of rotatable bonds is 6. The second-order valence-corrected chi connectivity index (χ2v) is 3.76. The molecule has 1 unspecified atom stereocenters. The molecule has 1 aliphatic carbocycles. The molecule has 1 aliphatic rings. The lowest BCUT2D eigenvalue weighted by atomic mass is 10.2. The predicted molar refractivity (Wildman–Crippen MR) is 62.5 cm³/mol. The zero-order chi connectivity index (χ0) is 11.3. The lowest BCUT2D eigenvalue weighted by molar-refractivity contribution is -0.145. The van der Waals surface area contributed by atoms with E-state index >= 15 is 0 Å². The third kappa shape index (κ3) is 4.81. The summed E-state index contributed by atoms with van der Waals surface area (Å²) in [6.07, 6.45) is 2.37. The molecule has 0 aromatic rings. The van der Waals surface area contributed by atoms with E-state index in [0.717, 1.165) is 12.8 Å². The number of methoxy groups -OCH3 is 1. The summed E-state index contributed by atoms with van der Waals surface area (Å²) in [5.74, 6) is -0.169. The first-order chi connectivity index (χ1) is 7.19. The predicted octanol–water partition coefficient (Wildman–Crippen LogP) is 0.0855. The molecule has 2 N–H and O–H groups in total. The highest BCUT2D eigenvalue weighted by molar-refractivity contribution is 5.85. The largest absolute Gasteiger partial charge is 0.467 e. The maximum Gasteiger partial charge on any atom is 0.328 e. The molecule has 1 saturated carbocycles. The van der Waals surface area contributed by atoms with Crippen LogP contribution in [-0.4, -0.2) is 38.6 Å². The molecule has 1 amide bonds. The van der Waals surface area contributed by atoms with Crippen molar-refractivity contribution in [2.75, 3.05) is 20.7 Å². The van der Waals surface area contributed by atoms with Crippen LogP contribution in [-0.2, 0) is 14.3 Å². The Bertz CT molecular complexity index is 244. The molecule has 0 aromatic carbocycles. The van der Waals surface area contributed by atoms with Gasteiger partial charge in [-0.25, -0.2) is 4.79 Å². The topological polar surface area (TPSA) is 67.4 Å². The van der Waals surface area contributed by atoms with Crippen molar-refractivity contribution in [1.29, 1.82) is 0 Å². The standard InChI is InChI=1S/C10H18N2O3.ClH/c1-11-6-5-8(13)12-9(7-3-4-7)10(14)15-2;/h7,9,11H,3-6H2,1-2H3,(H,12,13);1H. The van der Waals surface area contributed by atoms with Crippen molar-refractivity contribution in [3.05, 3.63) is 0 Å². The van der Waals surface area contributed by atoms with Crippen LogP contribution >= 0.6 is 12.4 Å². The van der Waals surface area contributed by atoms with Crippen LogP contribution in [0.2, 0.25) is 0 Å². The van der Waals surface area contributed by atoms with Crippen LogP contribution in [0.1, 0.15) is 19.3 Å². The molecule has 0 radical (unpaired) electrons. The average molecular weight is 251 g/mol. The molecule has 16 heavy (non-hydrogen) atoms. The van der Waals surface area contributed by atoms with Crippen molar-refractivity contribution >= 4 is 24.3 Å². The Morgan fingerprint density at radius 2 is 2.06 bits per heavy atom. The van der Waals surface area contributed by atoms with Gasteiger partial charge in [0.1, 0.15) is 6.04 Å². The molecule has 94 valence electrons. The fraction of sp³-hybridized carbons (Fsp3) is 0.800. The van der Waals surface area contributed by atoms with Gasteiger partial charge >= 0.3 is 5.97 Å². The molecule has 0 saturated heterocycles. The number of hydrogen-bond acceptors (Lipinski definition) is 4. The lowest BCUT2D eigenvalue weighted by Gasteiger charge is -2.15. The van der Waals surface area contributed by atoms with Crippen LogP contribution in [0.15, 0.2) is 0 Å². The van der Waals surface area contributed by atoms with Crippen molar-refractivity contribution in [3.63, 3.8) is 0 Å². The van der Waals surface area contributed by atoms with Crippen LogP contribution in [0.5, 0.6) is 0 Å². The average Bonchev–Trinajstić information content (AvgIpc) is 3.05. The number of halogens is 1. The Kier molecular flexibility index (Phi) is 7.08. The van der Waals surface area contributed by atoms with Crippen LogP contribution in [0.25, 0.3) is 0 Å². The van der Waals surface area contributed by atoms with E-state index in [1.165, 1.54) is 7.11 Å². The highest BCUT2D eigenvalue weighted by Crippen LogP contribution is 2.33. The van der Waals surface area contributed by atoms with Crippen LogP contribution in [0, 0.1) is 5.92 Å². The molecule has 0 spiro atoms. The van der Waals surface area contributed by atoms with E-state index in [2.05, 4.69) is 15.4 Å². The quantitative estimate of drug-likeness (QED) is 0.656. The summed E-state index contributed by atoms with van der Waals surface area (Å²) in [6, 6.07) is -0.445. The second kappa shape index (κ2) is 7.46. The molecule has 0 aliphatic heterocycles. The number of amides is 1. The SMILES string of the molecule is CNCCC(=O)NC(C(=O)OC)C1CC1.Cl. The first-order valence-electron chi connectivity index (χ1n) is 5.20. The minimum atomic E-state index is -0.445. The fourth-order valence-electron chi connectivity index (χ4n) is 1.41. The summed E-state index contributed by atoms with van der Waals surface area (Å²) in [6.45, 7) is 0.615. The third-order valence-electron chi connectivity index (χ3n) is 2.47. The fourth-order valence-corrected chi connectivity index (χ4v) is 1.41. The van der Waals surface area contributed by atoms with Gasteiger partial charge in [-0.1, -0.05) is 0 Å².